The van der Waals surface area contributed by atoms with Crippen LogP contribution in [0.1, 0.15) is 20.8 Å². The maximum absolute atomic E-state index is 11.8. The first-order valence-electron chi connectivity index (χ1n) is 5.21. The third kappa shape index (κ3) is 2.49. The zero-order valence-electron chi connectivity index (χ0n) is 9.44. The van der Waals surface area contributed by atoms with Gasteiger partial charge in [-0.15, -0.1) is 0 Å². The molecule has 1 aromatic carbocycles. The SMILES string of the molecule is NC(=O)c1ccc(NC(=O)c2cc(N)c[nH]2)cc1. The van der Waals surface area contributed by atoms with Crippen LogP contribution in [-0.2, 0) is 0 Å². The first-order chi connectivity index (χ1) is 8.56. The van der Waals surface area contributed by atoms with Crippen molar-refractivity contribution in [3.8, 4) is 0 Å². The lowest BCUT2D eigenvalue weighted by molar-refractivity contribution is 0.0998. The molecule has 6 nitrogen and oxygen atoms in total. The number of rotatable bonds is 3. The second-order valence-corrected chi connectivity index (χ2v) is 3.74. The molecule has 0 atom stereocenters. The van der Waals surface area contributed by atoms with E-state index in [0.717, 1.165) is 0 Å². The fourth-order valence-corrected chi connectivity index (χ4v) is 1.46. The Kier molecular flexibility index (Phi) is 3.01. The second kappa shape index (κ2) is 4.62. The summed E-state index contributed by atoms with van der Waals surface area (Å²) in [6.07, 6.45) is 1.53. The van der Waals surface area contributed by atoms with Crippen LogP contribution in [0.25, 0.3) is 0 Å². The fourth-order valence-electron chi connectivity index (χ4n) is 1.46. The summed E-state index contributed by atoms with van der Waals surface area (Å²) in [6.45, 7) is 0. The lowest BCUT2D eigenvalue weighted by atomic mass is 10.2. The second-order valence-electron chi connectivity index (χ2n) is 3.74. The number of nitrogens with two attached hydrogens (primary N) is 2. The molecule has 0 saturated carbocycles. The fraction of sp³-hybridized carbons (Fsp3) is 0. The van der Waals surface area contributed by atoms with Crippen LogP contribution in [0.5, 0.6) is 0 Å². The van der Waals surface area contributed by atoms with Gasteiger partial charge in [0.2, 0.25) is 5.91 Å². The minimum atomic E-state index is -0.509. The lowest BCUT2D eigenvalue weighted by Gasteiger charge is -2.04. The van der Waals surface area contributed by atoms with E-state index in [1.807, 2.05) is 0 Å². The smallest absolute Gasteiger partial charge is 0.272 e. The summed E-state index contributed by atoms with van der Waals surface area (Å²) in [5.74, 6) is -0.816. The molecule has 2 amide bonds. The number of aromatic amines is 1. The molecule has 2 rings (SSSR count). The first kappa shape index (κ1) is 11.7. The summed E-state index contributed by atoms with van der Waals surface area (Å²) in [7, 11) is 0. The largest absolute Gasteiger partial charge is 0.397 e. The highest BCUT2D eigenvalue weighted by Crippen LogP contribution is 2.12. The van der Waals surface area contributed by atoms with Crippen LogP contribution in [0.15, 0.2) is 36.5 Å². The van der Waals surface area contributed by atoms with E-state index in [4.69, 9.17) is 11.5 Å². The van der Waals surface area contributed by atoms with Crippen LogP contribution in [-0.4, -0.2) is 16.8 Å². The topological polar surface area (TPSA) is 114 Å². The van der Waals surface area contributed by atoms with Gasteiger partial charge in [0, 0.05) is 23.1 Å². The van der Waals surface area contributed by atoms with Crippen LogP contribution < -0.4 is 16.8 Å². The maximum atomic E-state index is 11.8. The minimum Gasteiger partial charge on any atom is -0.397 e. The van der Waals surface area contributed by atoms with Crippen LogP contribution in [0.2, 0.25) is 0 Å². The molecule has 6 N–H and O–H groups in total. The third-order valence-corrected chi connectivity index (χ3v) is 2.38. The normalized spacial score (nSPS) is 10.0. The highest BCUT2D eigenvalue weighted by molar-refractivity contribution is 6.03. The van der Waals surface area contributed by atoms with Crippen LogP contribution in [0.3, 0.4) is 0 Å². The van der Waals surface area contributed by atoms with E-state index in [1.54, 1.807) is 24.3 Å². The van der Waals surface area contributed by atoms with Gasteiger partial charge < -0.3 is 21.8 Å². The standard InChI is InChI=1S/C12H12N4O2/c13-8-5-10(15-6-8)12(18)16-9-3-1-7(2-4-9)11(14)17/h1-6,15H,13H2,(H2,14,17)(H,16,18). The summed E-state index contributed by atoms with van der Waals surface area (Å²) in [6, 6.07) is 7.82. The van der Waals surface area contributed by atoms with Gasteiger partial charge in [0.25, 0.3) is 5.91 Å². The molecule has 0 unspecified atom stereocenters. The van der Waals surface area contributed by atoms with Crippen molar-refractivity contribution >= 4 is 23.2 Å². The molecule has 0 fully saturated rings. The molecule has 2 aromatic rings. The number of hydrogen-bond acceptors (Lipinski definition) is 3. The molecule has 6 heteroatoms. The van der Waals surface area contributed by atoms with Crippen molar-refractivity contribution in [3.63, 3.8) is 0 Å². The van der Waals surface area contributed by atoms with E-state index in [9.17, 15) is 9.59 Å². The highest BCUT2D eigenvalue weighted by atomic mass is 16.2. The lowest BCUT2D eigenvalue weighted by Crippen LogP contribution is -2.13. The summed E-state index contributed by atoms with van der Waals surface area (Å²) in [5.41, 5.74) is 12.4. The van der Waals surface area contributed by atoms with Gasteiger partial charge in [-0.25, -0.2) is 0 Å². The van der Waals surface area contributed by atoms with Crippen molar-refractivity contribution in [2.45, 2.75) is 0 Å². The average Bonchev–Trinajstić information content (AvgIpc) is 2.76. The number of nitrogen functional groups attached to an aromatic ring is 1. The van der Waals surface area contributed by atoms with Gasteiger partial charge in [-0.05, 0) is 30.3 Å². The zero-order chi connectivity index (χ0) is 13.1. The molecule has 0 saturated heterocycles. The quantitative estimate of drug-likeness (QED) is 0.644. The number of aromatic nitrogens is 1. The Bertz CT molecular complexity index is 586. The van der Waals surface area contributed by atoms with Crippen molar-refractivity contribution < 1.29 is 9.59 Å². The Balaban J connectivity index is 2.10. The molecule has 0 spiro atoms. The first-order valence-corrected chi connectivity index (χ1v) is 5.21. The van der Waals surface area contributed by atoms with Gasteiger partial charge >= 0.3 is 0 Å². The molecule has 0 bridgehead atoms. The molecule has 92 valence electrons. The molecule has 0 radical (unpaired) electrons. The number of anilines is 2. The van der Waals surface area contributed by atoms with E-state index in [0.29, 0.717) is 22.6 Å². The number of carbonyl (C=O) groups excluding carboxylic acids is 2. The van der Waals surface area contributed by atoms with Gasteiger partial charge in [0.15, 0.2) is 0 Å². The van der Waals surface area contributed by atoms with E-state index in [-0.39, 0.29) is 5.91 Å². The van der Waals surface area contributed by atoms with Crippen molar-refractivity contribution in [1.29, 1.82) is 0 Å². The summed E-state index contributed by atoms with van der Waals surface area (Å²) in [5, 5.41) is 2.66. The predicted octanol–water partition coefficient (Wildman–Crippen LogP) is 0.948. The molecule has 1 aromatic heterocycles. The van der Waals surface area contributed by atoms with Crippen molar-refractivity contribution in [1.82, 2.24) is 4.98 Å². The van der Waals surface area contributed by atoms with E-state index in [2.05, 4.69) is 10.3 Å². The number of nitrogens with one attached hydrogen (secondary N) is 2. The van der Waals surface area contributed by atoms with Gasteiger partial charge in [0.1, 0.15) is 5.69 Å². The van der Waals surface area contributed by atoms with E-state index in [1.165, 1.54) is 12.3 Å². The Hall–Kier alpha value is -2.76. The summed E-state index contributed by atoms with van der Waals surface area (Å²) >= 11 is 0. The Labute approximate surface area is 103 Å². The van der Waals surface area contributed by atoms with Crippen molar-refractivity contribution in [3.05, 3.63) is 47.8 Å². The van der Waals surface area contributed by atoms with Crippen LogP contribution in [0.4, 0.5) is 11.4 Å². The number of primary amides is 1. The van der Waals surface area contributed by atoms with Crippen LogP contribution in [0, 0.1) is 0 Å². The number of carbonyl (C=O) groups is 2. The van der Waals surface area contributed by atoms with E-state index < -0.39 is 5.91 Å². The van der Waals surface area contributed by atoms with Crippen molar-refractivity contribution in [2.24, 2.45) is 5.73 Å². The number of H-pyrrole nitrogens is 1. The number of hydrogen-bond donors (Lipinski definition) is 4. The molecule has 0 aliphatic carbocycles. The number of benzene rings is 1. The van der Waals surface area contributed by atoms with Gasteiger partial charge in [-0.3, -0.25) is 9.59 Å². The molecule has 0 aliphatic heterocycles. The third-order valence-electron chi connectivity index (χ3n) is 2.38. The van der Waals surface area contributed by atoms with Crippen LogP contribution >= 0.6 is 0 Å². The van der Waals surface area contributed by atoms with Crippen molar-refractivity contribution in [2.75, 3.05) is 11.1 Å². The average molecular weight is 244 g/mol. The zero-order valence-corrected chi connectivity index (χ0v) is 9.44. The van der Waals surface area contributed by atoms with Gasteiger partial charge in [0.05, 0.1) is 0 Å². The highest BCUT2D eigenvalue weighted by Gasteiger charge is 2.08. The minimum absolute atomic E-state index is 0.307. The number of amides is 2. The van der Waals surface area contributed by atoms with Gasteiger partial charge in [-0.1, -0.05) is 0 Å². The maximum Gasteiger partial charge on any atom is 0.272 e. The molecule has 1 heterocycles. The summed E-state index contributed by atoms with van der Waals surface area (Å²) < 4.78 is 0. The molecular weight excluding hydrogens is 232 g/mol. The Morgan fingerprint density at radius 3 is 2.33 bits per heavy atom. The summed E-state index contributed by atoms with van der Waals surface area (Å²) in [4.78, 5) is 25.4. The van der Waals surface area contributed by atoms with E-state index >= 15 is 0 Å². The molecular formula is C12H12N4O2. The molecule has 18 heavy (non-hydrogen) atoms. The predicted molar refractivity (Wildman–Crippen MR) is 68.1 cm³/mol. The Morgan fingerprint density at radius 1 is 1.17 bits per heavy atom. The Morgan fingerprint density at radius 2 is 1.83 bits per heavy atom. The van der Waals surface area contributed by atoms with Gasteiger partial charge in [-0.2, -0.15) is 0 Å². The molecule has 0 aliphatic rings. The monoisotopic (exact) mass is 244 g/mol.